The highest BCUT2D eigenvalue weighted by atomic mass is 16.6. The molecule has 5 rings (SSSR count). The topological polar surface area (TPSA) is 105 Å². The second-order valence-corrected chi connectivity index (χ2v) is 9.16. The summed E-state index contributed by atoms with van der Waals surface area (Å²) in [6.45, 7) is 2.64. The second kappa shape index (κ2) is 9.10. The Kier molecular flexibility index (Phi) is 6.00. The third-order valence-corrected chi connectivity index (χ3v) is 7.34. The maximum atomic E-state index is 13.1. The molecular formula is C26H28N2O6. The van der Waals surface area contributed by atoms with Crippen LogP contribution in [-0.2, 0) is 19.1 Å². The Bertz CT molecular complexity index is 1070. The maximum absolute atomic E-state index is 13.1. The van der Waals surface area contributed by atoms with E-state index in [2.05, 4.69) is 29.6 Å². The summed E-state index contributed by atoms with van der Waals surface area (Å²) in [4.78, 5) is 38.7. The first-order valence-corrected chi connectivity index (χ1v) is 11.7. The number of alkyl carbamates (subject to hydrolysis) is 1. The lowest BCUT2D eigenvalue weighted by Crippen LogP contribution is -2.51. The standard InChI is InChI=1S/C26H28N2O6/c1-15-16(25(30)31)10-12-28(15)24(29)23-22(11-13-33-23)27-26(32)34-14-21-19-8-4-2-6-17(19)18-7-3-5-9-20(18)21/h2-9,15-16,21-23H,10-14H2,1H3,(H,27,32)(H,30,31). The SMILES string of the molecule is CC1C(C(=O)O)CCN1C(=O)C1OCCC1NC(=O)OCC1c2ccccc2-c2ccccc21. The molecule has 0 aromatic heterocycles. The number of fused-ring (bicyclic) bond motifs is 3. The molecule has 8 nitrogen and oxygen atoms in total. The maximum Gasteiger partial charge on any atom is 0.407 e. The Morgan fingerprint density at radius 1 is 1.06 bits per heavy atom. The van der Waals surface area contributed by atoms with E-state index in [1.165, 1.54) is 0 Å². The largest absolute Gasteiger partial charge is 0.481 e. The van der Waals surface area contributed by atoms with Gasteiger partial charge in [0.05, 0.1) is 12.0 Å². The zero-order valence-electron chi connectivity index (χ0n) is 19.0. The van der Waals surface area contributed by atoms with Crippen molar-refractivity contribution in [2.24, 2.45) is 5.92 Å². The van der Waals surface area contributed by atoms with Gasteiger partial charge in [-0.25, -0.2) is 4.79 Å². The van der Waals surface area contributed by atoms with Gasteiger partial charge in [0.25, 0.3) is 5.91 Å². The number of carbonyl (C=O) groups excluding carboxylic acids is 2. The molecule has 2 fully saturated rings. The Labute approximate surface area is 197 Å². The highest BCUT2D eigenvalue weighted by molar-refractivity contribution is 5.85. The summed E-state index contributed by atoms with van der Waals surface area (Å²) in [7, 11) is 0. The van der Waals surface area contributed by atoms with Crippen molar-refractivity contribution in [1.82, 2.24) is 10.2 Å². The van der Waals surface area contributed by atoms with Crippen molar-refractivity contribution in [3.05, 3.63) is 59.7 Å². The Balaban J connectivity index is 1.21. The fourth-order valence-electron chi connectivity index (χ4n) is 5.52. The number of aliphatic carboxylic acids is 1. The van der Waals surface area contributed by atoms with Crippen LogP contribution in [0.2, 0.25) is 0 Å². The van der Waals surface area contributed by atoms with Crippen LogP contribution >= 0.6 is 0 Å². The van der Waals surface area contributed by atoms with Crippen molar-refractivity contribution in [1.29, 1.82) is 0 Å². The molecule has 0 bridgehead atoms. The van der Waals surface area contributed by atoms with Gasteiger partial charge in [-0.3, -0.25) is 9.59 Å². The molecule has 2 aromatic rings. The predicted octanol–water partition coefficient (Wildman–Crippen LogP) is 3.00. The molecule has 34 heavy (non-hydrogen) atoms. The van der Waals surface area contributed by atoms with E-state index in [0.717, 1.165) is 22.3 Å². The van der Waals surface area contributed by atoms with Crippen molar-refractivity contribution >= 4 is 18.0 Å². The first kappa shape index (κ1) is 22.4. The molecule has 178 valence electrons. The lowest BCUT2D eigenvalue weighted by molar-refractivity contribution is -0.145. The number of carboxylic acid groups (broad SMARTS) is 1. The van der Waals surface area contributed by atoms with Gasteiger partial charge in [0.2, 0.25) is 0 Å². The summed E-state index contributed by atoms with van der Waals surface area (Å²) < 4.78 is 11.3. The molecule has 2 aromatic carbocycles. The zero-order chi connectivity index (χ0) is 23.8. The average Bonchev–Trinajstić information content (AvgIpc) is 3.53. The number of rotatable bonds is 5. The van der Waals surface area contributed by atoms with Crippen LogP contribution in [0.1, 0.15) is 36.8 Å². The van der Waals surface area contributed by atoms with Gasteiger partial charge in [-0.05, 0) is 42.0 Å². The van der Waals surface area contributed by atoms with Crippen LogP contribution < -0.4 is 5.32 Å². The summed E-state index contributed by atoms with van der Waals surface area (Å²) in [5.41, 5.74) is 4.57. The molecular weight excluding hydrogens is 436 g/mol. The van der Waals surface area contributed by atoms with E-state index in [0.29, 0.717) is 26.0 Å². The van der Waals surface area contributed by atoms with E-state index in [-0.39, 0.29) is 18.4 Å². The van der Waals surface area contributed by atoms with Crippen LogP contribution in [0.3, 0.4) is 0 Å². The Morgan fingerprint density at radius 3 is 2.32 bits per heavy atom. The summed E-state index contributed by atoms with van der Waals surface area (Å²) in [5, 5.41) is 12.2. The Morgan fingerprint density at radius 2 is 1.71 bits per heavy atom. The van der Waals surface area contributed by atoms with Crippen molar-refractivity contribution in [3.63, 3.8) is 0 Å². The molecule has 3 aliphatic rings. The highest BCUT2D eigenvalue weighted by Gasteiger charge is 2.44. The van der Waals surface area contributed by atoms with E-state index in [4.69, 9.17) is 9.47 Å². The molecule has 2 heterocycles. The number of carboxylic acids is 1. The van der Waals surface area contributed by atoms with Crippen LogP contribution in [0.25, 0.3) is 11.1 Å². The molecule has 1 aliphatic carbocycles. The molecule has 4 unspecified atom stereocenters. The number of amides is 2. The first-order chi connectivity index (χ1) is 16.5. The highest BCUT2D eigenvalue weighted by Crippen LogP contribution is 2.44. The monoisotopic (exact) mass is 464 g/mol. The smallest absolute Gasteiger partial charge is 0.407 e. The van der Waals surface area contributed by atoms with Crippen LogP contribution in [-0.4, -0.2) is 65.9 Å². The van der Waals surface area contributed by atoms with Crippen molar-refractivity contribution in [3.8, 4) is 11.1 Å². The van der Waals surface area contributed by atoms with Gasteiger partial charge in [0.15, 0.2) is 6.10 Å². The number of ether oxygens (including phenoxy) is 2. The van der Waals surface area contributed by atoms with Gasteiger partial charge in [0, 0.05) is 25.1 Å². The molecule has 0 radical (unpaired) electrons. The van der Waals surface area contributed by atoms with Gasteiger partial charge < -0.3 is 24.8 Å². The summed E-state index contributed by atoms with van der Waals surface area (Å²) in [5.74, 6) is -1.81. The minimum Gasteiger partial charge on any atom is -0.481 e. The number of nitrogens with zero attached hydrogens (tertiary/aromatic N) is 1. The second-order valence-electron chi connectivity index (χ2n) is 9.16. The number of carbonyl (C=O) groups is 3. The third kappa shape index (κ3) is 3.92. The number of nitrogens with one attached hydrogen (secondary N) is 1. The lowest BCUT2D eigenvalue weighted by Gasteiger charge is -2.28. The lowest BCUT2D eigenvalue weighted by atomic mass is 9.98. The van der Waals surface area contributed by atoms with Gasteiger partial charge in [-0.15, -0.1) is 0 Å². The van der Waals surface area contributed by atoms with Crippen molar-refractivity contribution in [2.75, 3.05) is 19.8 Å². The van der Waals surface area contributed by atoms with Crippen molar-refractivity contribution in [2.45, 2.75) is 43.9 Å². The fourth-order valence-corrected chi connectivity index (χ4v) is 5.52. The van der Waals surface area contributed by atoms with E-state index < -0.39 is 36.2 Å². The van der Waals surface area contributed by atoms with Gasteiger partial charge in [-0.1, -0.05) is 48.5 Å². The van der Waals surface area contributed by atoms with E-state index in [1.54, 1.807) is 11.8 Å². The van der Waals surface area contributed by atoms with Crippen molar-refractivity contribution < 1.29 is 29.0 Å². The molecule has 8 heteroatoms. The van der Waals surface area contributed by atoms with Gasteiger partial charge >= 0.3 is 12.1 Å². The van der Waals surface area contributed by atoms with E-state index in [1.807, 2.05) is 24.3 Å². The van der Waals surface area contributed by atoms with Crippen LogP contribution in [0.15, 0.2) is 48.5 Å². The Hall–Kier alpha value is -3.39. The van der Waals surface area contributed by atoms with Crippen LogP contribution in [0.5, 0.6) is 0 Å². The van der Waals surface area contributed by atoms with Gasteiger partial charge in [0.1, 0.15) is 6.61 Å². The average molecular weight is 465 g/mol. The number of benzene rings is 2. The fraction of sp³-hybridized carbons (Fsp3) is 0.423. The summed E-state index contributed by atoms with van der Waals surface area (Å²) in [6.07, 6.45) is -0.520. The number of hydrogen-bond donors (Lipinski definition) is 2. The summed E-state index contributed by atoms with van der Waals surface area (Å²) >= 11 is 0. The van der Waals surface area contributed by atoms with E-state index in [9.17, 15) is 19.5 Å². The number of likely N-dealkylation sites (tertiary alicyclic amines) is 1. The molecule has 0 spiro atoms. The predicted molar refractivity (Wildman–Crippen MR) is 123 cm³/mol. The van der Waals surface area contributed by atoms with Gasteiger partial charge in [-0.2, -0.15) is 0 Å². The molecule has 0 saturated carbocycles. The zero-order valence-corrected chi connectivity index (χ0v) is 19.0. The summed E-state index contributed by atoms with van der Waals surface area (Å²) in [6, 6.07) is 15.3. The molecule has 2 aliphatic heterocycles. The minimum atomic E-state index is -0.900. The molecule has 4 atom stereocenters. The molecule has 2 saturated heterocycles. The first-order valence-electron chi connectivity index (χ1n) is 11.7. The minimum absolute atomic E-state index is 0.0474. The third-order valence-electron chi connectivity index (χ3n) is 7.34. The quantitative estimate of drug-likeness (QED) is 0.705. The number of hydrogen-bond acceptors (Lipinski definition) is 5. The molecule has 2 N–H and O–H groups in total. The van der Waals surface area contributed by atoms with E-state index >= 15 is 0 Å². The molecule has 2 amide bonds. The van der Waals surface area contributed by atoms with Crippen LogP contribution in [0.4, 0.5) is 4.79 Å². The normalized spacial score (nSPS) is 25.6. The van der Waals surface area contributed by atoms with Crippen LogP contribution in [0, 0.1) is 5.92 Å².